The van der Waals surface area contributed by atoms with Crippen molar-refractivity contribution < 1.29 is 13.2 Å². The third-order valence-corrected chi connectivity index (χ3v) is 6.61. The quantitative estimate of drug-likeness (QED) is 0.917. The van der Waals surface area contributed by atoms with Crippen LogP contribution < -0.4 is 5.32 Å². The van der Waals surface area contributed by atoms with Crippen LogP contribution in [-0.2, 0) is 27.7 Å². The van der Waals surface area contributed by atoms with E-state index < -0.39 is 16.1 Å². The van der Waals surface area contributed by atoms with E-state index in [1.165, 1.54) is 27.1 Å². The van der Waals surface area contributed by atoms with Crippen LogP contribution in [0.1, 0.15) is 30.4 Å². The number of piperidine rings is 1. The zero-order chi connectivity index (χ0) is 17.6. The molecule has 132 valence electrons. The van der Waals surface area contributed by atoms with Gasteiger partial charge in [0.05, 0.1) is 6.26 Å². The highest BCUT2D eigenvalue weighted by Gasteiger charge is 2.34. The smallest absolute Gasteiger partial charge is 0.242 e. The van der Waals surface area contributed by atoms with Gasteiger partial charge in [-0.25, -0.2) is 8.42 Å². The number of aryl methyl sites for hydroxylation is 2. The maximum atomic E-state index is 12.8. The second-order valence-corrected chi connectivity index (χ2v) is 8.92. The SMILES string of the molecule is CS(=O)(=O)N1CCCCC1C(=O)Nc1ccc2c3c(cccc13)CC2. The first-order valence-electron chi connectivity index (χ1n) is 8.76. The van der Waals surface area contributed by atoms with Gasteiger partial charge in [0, 0.05) is 17.6 Å². The summed E-state index contributed by atoms with van der Waals surface area (Å²) >= 11 is 0. The number of rotatable bonds is 3. The molecule has 1 fully saturated rings. The lowest BCUT2D eigenvalue weighted by Crippen LogP contribution is -2.49. The maximum absolute atomic E-state index is 12.8. The Morgan fingerprint density at radius 2 is 1.88 bits per heavy atom. The summed E-state index contributed by atoms with van der Waals surface area (Å²) in [4.78, 5) is 12.8. The molecule has 1 aliphatic heterocycles. The number of sulfonamides is 1. The summed E-state index contributed by atoms with van der Waals surface area (Å²) in [7, 11) is -3.39. The van der Waals surface area contributed by atoms with Crippen molar-refractivity contribution in [3.05, 3.63) is 41.5 Å². The van der Waals surface area contributed by atoms with Crippen LogP contribution in [0.5, 0.6) is 0 Å². The summed E-state index contributed by atoms with van der Waals surface area (Å²) in [5, 5.41) is 5.28. The molecule has 0 bridgehead atoms. The lowest BCUT2D eigenvalue weighted by Gasteiger charge is -2.32. The maximum Gasteiger partial charge on any atom is 0.242 e. The number of amides is 1. The van der Waals surface area contributed by atoms with E-state index >= 15 is 0 Å². The zero-order valence-electron chi connectivity index (χ0n) is 14.3. The molecule has 1 amide bonds. The molecule has 6 heteroatoms. The minimum Gasteiger partial charge on any atom is -0.324 e. The van der Waals surface area contributed by atoms with Gasteiger partial charge in [-0.15, -0.1) is 0 Å². The number of nitrogens with one attached hydrogen (secondary N) is 1. The van der Waals surface area contributed by atoms with Crippen LogP contribution in [0.4, 0.5) is 5.69 Å². The molecule has 0 aromatic heterocycles. The standard InChI is InChI=1S/C19H22N2O3S/c1-25(23,24)21-12-3-2-7-17(21)19(22)20-16-11-10-14-9-8-13-5-4-6-15(16)18(13)14/h4-6,10-11,17H,2-3,7-9,12H2,1H3,(H,20,22). The number of hydrogen-bond donors (Lipinski definition) is 1. The molecule has 2 aliphatic rings. The molecular weight excluding hydrogens is 336 g/mol. The highest BCUT2D eigenvalue weighted by molar-refractivity contribution is 7.88. The van der Waals surface area contributed by atoms with Crippen LogP contribution in [0, 0.1) is 0 Å². The molecule has 2 aromatic rings. The molecule has 25 heavy (non-hydrogen) atoms. The monoisotopic (exact) mass is 358 g/mol. The molecule has 1 saturated heterocycles. The van der Waals surface area contributed by atoms with Crippen LogP contribution in [-0.4, -0.2) is 37.5 Å². The second-order valence-electron chi connectivity index (χ2n) is 6.99. The van der Waals surface area contributed by atoms with Gasteiger partial charge < -0.3 is 5.32 Å². The lowest BCUT2D eigenvalue weighted by molar-refractivity contribution is -0.120. The van der Waals surface area contributed by atoms with E-state index in [0.717, 1.165) is 36.8 Å². The fourth-order valence-corrected chi connectivity index (χ4v) is 5.26. The molecule has 0 spiro atoms. The Morgan fingerprint density at radius 3 is 2.64 bits per heavy atom. The molecule has 0 radical (unpaired) electrons. The molecule has 5 nitrogen and oxygen atoms in total. The summed E-state index contributed by atoms with van der Waals surface area (Å²) in [5.41, 5.74) is 3.41. The van der Waals surface area contributed by atoms with Gasteiger partial charge in [0.25, 0.3) is 0 Å². The average molecular weight is 358 g/mol. The van der Waals surface area contributed by atoms with Crippen molar-refractivity contribution in [2.45, 2.75) is 38.1 Å². The van der Waals surface area contributed by atoms with E-state index in [1.807, 2.05) is 18.2 Å². The van der Waals surface area contributed by atoms with Crippen molar-refractivity contribution in [2.24, 2.45) is 0 Å². The Hall–Kier alpha value is -1.92. The van der Waals surface area contributed by atoms with Gasteiger partial charge in [-0.1, -0.05) is 30.7 Å². The largest absolute Gasteiger partial charge is 0.324 e. The van der Waals surface area contributed by atoms with E-state index in [1.54, 1.807) is 0 Å². The van der Waals surface area contributed by atoms with Crippen molar-refractivity contribution in [3.63, 3.8) is 0 Å². The van der Waals surface area contributed by atoms with E-state index in [4.69, 9.17) is 0 Å². The predicted octanol–water partition coefficient (Wildman–Crippen LogP) is 2.69. The normalized spacial score (nSPS) is 20.8. The van der Waals surface area contributed by atoms with Crippen LogP contribution in [0.3, 0.4) is 0 Å². The first-order valence-corrected chi connectivity index (χ1v) is 10.6. The highest BCUT2D eigenvalue weighted by atomic mass is 32.2. The Bertz CT molecular complexity index is 942. The van der Waals surface area contributed by atoms with Crippen LogP contribution in [0.25, 0.3) is 10.8 Å². The third kappa shape index (κ3) is 2.93. The van der Waals surface area contributed by atoms with E-state index in [-0.39, 0.29) is 5.91 Å². The topological polar surface area (TPSA) is 66.5 Å². The molecule has 1 atom stereocenters. The number of carbonyl (C=O) groups excluding carboxylic acids is 1. The number of carbonyl (C=O) groups is 1. The van der Waals surface area contributed by atoms with Crippen LogP contribution in [0.15, 0.2) is 30.3 Å². The molecular formula is C19H22N2O3S. The van der Waals surface area contributed by atoms with E-state index in [9.17, 15) is 13.2 Å². The lowest BCUT2D eigenvalue weighted by atomic mass is 10.0. The number of hydrogen-bond acceptors (Lipinski definition) is 3. The molecule has 2 aromatic carbocycles. The average Bonchev–Trinajstić information content (AvgIpc) is 3.01. The first kappa shape index (κ1) is 16.5. The molecule has 1 unspecified atom stereocenters. The van der Waals surface area contributed by atoms with Gasteiger partial charge in [0.15, 0.2) is 0 Å². The Balaban J connectivity index is 1.66. The summed E-state index contributed by atoms with van der Waals surface area (Å²) in [6.07, 6.45) is 5.49. The number of anilines is 1. The van der Waals surface area contributed by atoms with Crippen molar-refractivity contribution >= 4 is 32.4 Å². The summed E-state index contributed by atoms with van der Waals surface area (Å²) in [6, 6.07) is 9.58. The van der Waals surface area contributed by atoms with E-state index in [2.05, 4.69) is 17.4 Å². The van der Waals surface area contributed by atoms with Crippen molar-refractivity contribution in [1.29, 1.82) is 0 Å². The van der Waals surface area contributed by atoms with Crippen molar-refractivity contribution in [2.75, 3.05) is 18.1 Å². The Kier molecular flexibility index (Phi) is 4.04. The van der Waals surface area contributed by atoms with Crippen LogP contribution >= 0.6 is 0 Å². The Morgan fingerprint density at radius 1 is 1.12 bits per heavy atom. The van der Waals surface area contributed by atoms with Gasteiger partial charge >= 0.3 is 0 Å². The fraction of sp³-hybridized carbons (Fsp3) is 0.421. The molecule has 1 heterocycles. The van der Waals surface area contributed by atoms with Crippen molar-refractivity contribution in [3.8, 4) is 0 Å². The highest BCUT2D eigenvalue weighted by Crippen LogP contribution is 2.35. The fourth-order valence-electron chi connectivity index (χ4n) is 4.14. The van der Waals surface area contributed by atoms with Gasteiger partial charge in [-0.2, -0.15) is 4.31 Å². The molecule has 1 aliphatic carbocycles. The minimum atomic E-state index is -3.39. The van der Waals surface area contributed by atoms with Gasteiger partial charge in [0.1, 0.15) is 6.04 Å². The number of benzene rings is 2. The first-order chi connectivity index (χ1) is 11.9. The summed E-state index contributed by atoms with van der Waals surface area (Å²) in [6.45, 7) is 0.417. The third-order valence-electron chi connectivity index (χ3n) is 5.32. The summed E-state index contributed by atoms with van der Waals surface area (Å²) < 4.78 is 25.4. The molecule has 4 rings (SSSR count). The second kappa shape index (κ2) is 6.11. The molecule has 1 N–H and O–H groups in total. The van der Waals surface area contributed by atoms with Crippen LogP contribution in [0.2, 0.25) is 0 Å². The predicted molar refractivity (Wildman–Crippen MR) is 99.2 cm³/mol. The zero-order valence-corrected chi connectivity index (χ0v) is 15.1. The van der Waals surface area contributed by atoms with Gasteiger partial charge in [-0.05, 0) is 48.3 Å². The van der Waals surface area contributed by atoms with E-state index in [0.29, 0.717) is 13.0 Å². The van der Waals surface area contributed by atoms with Gasteiger partial charge in [0.2, 0.25) is 15.9 Å². The van der Waals surface area contributed by atoms with Crippen molar-refractivity contribution in [1.82, 2.24) is 4.31 Å². The summed E-state index contributed by atoms with van der Waals surface area (Å²) in [5.74, 6) is -0.233. The molecule has 0 saturated carbocycles. The Labute approximate surface area is 148 Å². The van der Waals surface area contributed by atoms with Gasteiger partial charge in [-0.3, -0.25) is 4.79 Å². The minimum absolute atomic E-state index is 0.233. The number of nitrogens with zero attached hydrogens (tertiary/aromatic N) is 1.